The average molecular weight is 266 g/mol. The summed E-state index contributed by atoms with van der Waals surface area (Å²) >= 11 is 0. The first kappa shape index (κ1) is 13.0. The molecule has 1 aliphatic rings. The van der Waals surface area contributed by atoms with Gasteiger partial charge in [0.15, 0.2) is 6.61 Å². The van der Waals surface area contributed by atoms with Gasteiger partial charge in [-0.1, -0.05) is 6.07 Å². The smallest absolute Gasteiger partial charge is 0.338 e. The second-order valence-corrected chi connectivity index (χ2v) is 3.67. The van der Waals surface area contributed by atoms with E-state index in [1.165, 1.54) is 6.20 Å². The van der Waals surface area contributed by atoms with Crippen LogP contribution in [-0.2, 0) is 9.53 Å². The summed E-state index contributed by atoms with van der Waals surface area (Å²) < 4.78 is 31.2. The highest BCUT2D eigenvalue weighted by molar-refractivity contribution is 5.99. The van der Waals surface area contributed by atoms with Gasteiger partial charge in [-0.3, -0.25) is 4.79 Å². The van der Waals surface area contributed by atoms with Gasteiger partial charge in [-0.25, -0.2) is 13.6 Å². The summed E-state index contributed by atoms with van der Waals surface area (Å²) in [6.45, 7) is -0.672. The fourth-order valence-electron chi connectivity index (χ4n) is 1.45. The summed E-state index contributed by atoms with van der Waals surface area (Å²) in [7, 11) is 0. The van der Waals surface area contributed by atoms with Crippen LogP contribution >= 0.6 is 0 Å². The molecule has 1 aromatic rings. The first-order chi connectivity index (χ1) is 9.09. The van der Waals surface area contributed by atoms with Crippen molar-refractivity contribution in [1.29, 1.82) is 0 Å². The monoisotopic (exact) mass is 266 g/mol. The Kier molecular flexibility index (Phi) is 3.74. The summed E-state index contributed by atoms with van der Waals surface area (Å²) in [5.74, 6) is -3.72. The van der Waals surface area contributed by atoms with E-state index in [1.807, 2.05) is 0 Å². The number of hydrogen-bond donors (Lipinski definition) is 0. The van der Waals surface area contributed by atoms with Crippen molar-refractivity contribution in [2.75, 3.05) is 13.2 Å². The van der Waals surface area contributed by atoms with Crippen molar-refractivity contribution in [2.45, 2.75) is 0 Å². The third kappa shape index (κ3) is 2.87. The fraction of sp³-hybridized carbons (Fsp3) is 0.167. The molecule has 0 saturated carbocycles. The van der Waals surface area contributed by atoms with Crippen LogP contribution in [0.25, 0.3) is 0 Å². The van der Waals surface area contributed by atoms with Gasteiger partial charge in [0.05, 0.1) is 23.9 Å². The van der Waals surface area contributed by atoms with Gasteiger partial charge in [0.25, 0.3) is 0 Å². The average Bonchev–Trinajstić information content (AvgIpc) is 2.89. The van der Waals surface area contributed by atoms with Crippen molar-refractivity contribution < 1.29 is 23.1 Å². The number of esters is 1. The molecular weight excluding hydrogens is 258 g/mol. The Balaban J connectivity index is 2.00. The molecule has 1 heterocycles. The van der Waals surface area contributed by atoms with E-state index in [2.05, 4.69) is 15.0 Å². The van der Waals surface area contributed by atoms with Gasteiger partial charge in [0.2, 0.25) is 5.78 Å². The zero-order valence-electron chi connectivity index (χ0n) is 9.60. The minimum atomic E-state index is -0.994. The number of nitrogens with zero attached hydrogens (tertiary/aromatic N) is 2. The Labute approximate surface area is 106 Å². The third-order valence-corrected chi connectivity index (χ3v) is 2.37. The maximum Gasteiger partial charge on any atom is 0.338 e. The molecule has 0 unspecified atom stereocenters. The van der Waals surface area contributed by atoms with Crippen LogP contribution in [0.3, 0.4) is 0 Å². The van der Waals surface area contributed by atoms with Crippen LogP contribution in [0.4, 0.5) is 8.78 Å². The lowest BCUT2D eigenvalue weighted by atomic mass is 10.1. The van der Waals surface area contributed by atoms with Gasteiger partial charge in [-0.15, -0.1) is 0 Å². The third-order valence-electron chi connectivity index (χ3n) is 2.37. The number of ether oxygens (including phenoxy) is 1. The Bertz CT molecular complexity index is 576. The molecule has 0 saturated heterocycles. The zero-order chi connectivity index (χ0) is 13.8. The van der Waals surface area contributed by atoms with Gasteiger partial charge >= 0.3 is 5.97 Å². The lowest BCUT2D eigenvalue weighted by molar-refractivity contribution is -0.137. The quantitative estimate of drug-likeness (QED) is 0.618. The molecule has 2 rings (SSSR count). The predicted molar refractivity (Wildman–Crippen MR) is 59.5 cm³/mol. The van der Waals surface area contributed by atoms with Crippen LogP contribution in [0, 0.1) is 11.6 Å². The largest absolute Gasteiger partial charge is 0.454 e. The van der Waals surface area contributed by atoms with Crippen molar-refractivity contribution >= 4 is 11.8 Å². The fourth-order valence-corrected chi connectivity index (χ4v) is 1.45. The lowest BCUT2D eigenvalue weighted by Gasteiger charge is -2.05. The van der Waals surface area contributed by atoms with Gasteiger partial charge in [0.1, 0.15) is 11.6 Å². The van der Waals surface area contributed by atoms with Crippen LogP contribution < -0.4 is 0 Å². The summed E-state index contributed by atoms with van der Waals surface area (Å²) in [5.41, 5.74) is -0.535. The molecule has 0 amide bonds. The molecule has 5 nitrogen and oxygen atoms in total. The molecule has 98 valence electrons. The minimum Gasteiger partial charge on any atom is -0.454 e. The zero-order valence-corrected chi connectivity index (χ0v) is 9.60. The van der Waals surface area contributed by atoms with Gasteiger partial charge in [-0.2, -0.15) is 10.2 Å². The highest BCUT2D eigenvalue weighted by Crippen LogP contribution is 2.13. The molecule has 19 heavy (non-hydrogen) atoms. The normalized spacial score (nSPS) is 13.3. The number of Topliss-reactive ketones (excluding diaryl/α,β-unsaturated/α-hetero) is 1. The molecule has 0 N–H and O–H groups in total. The topological polar surface area (TPSA) is 68.1 Å². The number of carbonyl (C=O) groups excluding carboxylic acids is 2. The number of rotatable bonds is 4. The number of carbonyl (C=O) groups is 2. The van der Waals surface area contributed by atoms with E-state index in [0.29, 0.717) is 0 Å². The highest BCUT2D eigenvalue weighted by Gasteiger charge is 2.20. The van der Waals surface area contributed by atoms with Crippen molar-refractivity contribution in [3.63, 3.8) is 0 Å². The number of azo groups is 1. The molecule has 7 heteroatoms. The highest BCUT2D eigenvalue weighted by atomic mass is 19.1. The van der Waals surface area contributed by atoms with E-state index in [0.717, 1.165) is 18.2 Å². The van der Waals surface area contributed by atoms with Crippen molar-refractivity contribution in [3.8, 4) is 0 Å². The molecule has 0 fully saturated rings. The summed E-state index contributed by atoms with van der Waals surface area (Å²) in [5, 5.41) is 6.98. The first-order valence-corrected chi connectivity index (χ1v) is 5.29. The molecule has 0 radical (unpaired) electrons. The van der Waals surface area contributed by atoms with E-state index in [1.54, 1.807) is 0 Å². The molecule has 1 aromatic carbocycles. The molecule has 0 bridgehead atoms. The summed E-state index contributed by atoms with van der Waals surface area (Å²) in [6, 6.07) is 3.05. The lowest BCUT2D eigenvalue weighted by Crippen LogP contribution is -2.18. The van der Waals surface area contributed by atoms with Crippen LogP contribution in [0.2, 0.25) is 0 Å². The number of ketones is 1. The Morgan fingerprint density at radius 3 is 2.53 bits per heavy atom. The number of benzene rings is 1. The SMILES string of the molecule is O=C(OCC(=O)c1c(F)cccc1F)C1=CN=NC1. The minimum absolute atomic E-state index is 0.0705. The maximum atomic E-state index is 13.3. The van der Waals surface area contributed by atoms with E-state index < -0.39 is 35.6 Å². The van der Waals surface area contributed by atoms with Crippen LogP contribution in [-0.4, -0.2) is 24.9 Å². The van der Waals surface area contributed by atoms with Crippen LogP contribution in [0.1, 0.15) is 10.4 Å². The molecule has 0 atom stereocenters. The second-order valence-electron chi connectivity index (χ2n) is 3.67. The maximum absolute atomic E-state index is 13.3. The molecular formula is C12H8F2N2O3. The van der Waals surface area contributed by atoms with Crippen molar-refractivity contribution in [1.82, 2.24) is 0 Å². The second kappa shape index (κ2) is 5.47. The van der Waals surface area contributed by atoms with E-state index >= 15 is 0 Å². The van der Waals surface area contributed by atoms with Gasteiger partial charge in [0, 0.05) is 0 Å². The molecule has 1 aliphatic heterocycles. The standard InChI is InChI=1S/C12H8F2N2O3/c13-8-2-1-3-9(14)11(8)10(17)6-19-12(18)7-4-15-16-5-7/h1-4H,5-6H2. The van der Waals surface area contributed by atoms with E-state index in [9.17, 15) is 18.4 Å². The summed E-state index contributed by atoms with van der Waals surface area (Å²) in [4.78, 5) is 23.0. The van der Waals surface area contributed by atoms with Gasteiger partial charge in [-0.05, 0) is 12.1 Å². The summed E-state index contributed by atoms with van der Waals surface area (Å²) in [6.07, 6.45) is 1.20. The van der Waals surface area contributed by atoms with E-state index in [-0.39, 0.29) is 12.1 Å². The van der Waals surface area contributed by atoms with Crippen LogP contribution in [0.15, 0.2) is 40.2 Å². The Morgan fingerprint density at radius 1 is 1.26 bits per heavy atom. The predicted octanol–water partition coefficient (Wildman–Crippen LogP) is 2.04. The van der Waals surface area contributed by atoms with Crippen molar-refractivity contribution in [2.24, 2.45) is 10.2 Å². The molecule has 0 aliphatic carbocycles. The van der Waals surface area contributed by atoms with Gasteiger partial charge < -0.3 is 4.74 Å². The van der Waals surface area contributed by atoms with Crippen molar-refractivity contribution in [3.05, 3.63) is 47.2 Å². The first-order valence-electron chi connectivity index (χ1n) is 5.29. The Morgan fingerprint density at radius 2 is 1.95 bits per heavy atom. The molecule has 0 spiro atoms. The number of halogens is 2. The molecule has 0 aromatic heterocycles. The number of hydrogen-bond acceptors (Lipinski definition) is 5. The van der Waals surface area contributed by atoms with Crippen LogP contribution in [0.5, 0.6) is 0 Å². The Hall–Kier alpha value is -2.44. The van der Waals surface area contributed by atoms with E-state index in [4.69, 9.17) is 0 Å².